The third-order valence-corrected chi connectivity index (χ3v) is 5.67. The third kappa shape index (κ3) is 2.26. The van der Waals surface area contributed by atoms with Crippen LogP contribution in [-0.2, 0) is 17.6 Å². The molecular weight excluding hydrogens is 300 g/mol. The number of hydrogen-bond acceptors (Lipinski definition) is 4. The molecule has 2 aromatic heterocycles. The number of fused-ring (bicyclic) bond motifs is 3. The Morgan fingerprint density at radius 2 is 2.27 bits per heavy atom. The number of aryl methyl sites for hydroxylation is 2. The van der Waals surface area contributed by atoms with Crippen molar-refractivity contribution < 1.29 is 9.90 Å². The summed E-state index contributed by atoms with van der Waals surface area (Å²) in [6, 6.07) is -0.845. The van der Waals surface area contributed by atoms with Gasteiger partial charge in [0.05, 0.1) is 5.39 Å². The molecule has 0 amide bonds. The standard InChI is InChI=1S/C16H20N2O3S/c1-4-11(16(20)21)18-9(3)17-14-13(15(18)19)10-6-5-8(2)7-12(10)22-14/h8,11H,4-7H2,1-3H3,(H,20,21). The van der Waals surface area contributed by atoms with Gasteiger partial charge in [-0.15, -0.1) is 11.3 Å². The summed E-state index contributed by atoms with van der Waals surface area (Å²) in [4.78, 5) is 30.9. The van der Waals surface area contributed by atoms with E-state index in [1.807, 2.05) is 0 Å². The first-order chi connectivity index (χ1) is 10.4. The molecule has 0 aromatic carbocycles. The molecule has 2 unspecified atom stereocenters. The molecule has 0 radical (unpaired) electrons. The molecule has 6 heteroatoms. The van der Waals surface area contributed by atoms with Crippen LogP contribution in [-0.4, -0.2) is 20.6 Å². The molecule has 0 aliphatic heterocycles. The average molecular weight is 320 g/mol. The van der Waals surface area contributed by atoms with E-state index < -0.39 is 12.0 Å². The van der Waals surface area contributed by atoms with Crippen LogP contribution < -0.4 is 5.56 Å². The minimum absolute atomic E-state index is 0.191. The van der Waals surface area contributed by atoms with E-state index in [9.17, 15) is 14.7 Å². The van der Waals surface area contributed by atoms with Crippen molar-refractivity contribution >= 4 is 27.5 Å². The van der Waals surface area contributed by atoms with Crippen molar-refractivity contribution in [2.45, 2.75) is 52.5 Å². The lowest BCUT2D eigenvalue weighted by atomic mass is 9.89. The molecule has 5 nitrogen and oxygen atoms in total. The molecule has 1 N–H and O–H groups in total. The maximum Gasteiger partial charge on any atom is 0.326 e. The van der Waals surface area contributed by atoms with Crippen LogP contribution in [0, 0.1) is 12.8 Å². The number of carboxylic acid groups (broad SMARTS) is 1. The second-order valence-corrected chi connectivity index (χ2v) is 7.21. The van der Waals surface area contributed by atoms with E-state index in [2.05, 4.69) is 11.9 Å². The first-order valence-corrected chi connectivity index (χ1v) is 8.51. The molecule has 3 rings (SSSR count). The van der Waals surface area contributed by atoms with Crippen molar-refractivity contribution in [1.82, 2.24) is 9.55 Å². The lowest BCUT2D eigenvalue weighted by molar-refractivity contribution is -0.141. The van der Waals surface area contributed by atoms with Crippen LogP contribution >= 0.6 is 11.3 Å². The van der Waals surface area contributed by atoms with Gasteiger partial charge in [-0.25, -0.2) is 9.78 Å². The fourth-order valence-electron chi connectivity index (χ4n) is 3.34. The lowest BCUT2D eigenvalue weighted by Gasteiger charge is -2.18. The molecule has 2 aromatic rings. The topological polar surface area (TPSA) is 72.2 Å². The maximum absolute atomic E-state index is 12.9. The monoisotopic (exact) mass is 320 g/mol. The Labute approximate surface area is 132 Å². The number of carbonyl (C=O) groups is 1. The number of rotatable bonds is 3. The largest absolute Gasteiger partial charge is 0.480 e. The number of nitrogens with zero attached hydrogens (tertiary/aromatic N) is 2. The van der Waals surface area contributed by atoms with E-state index in [0.717, 1.165) is 29.7 Å². The highest BCUT2D eigenvalue weighted by molar-refractivity contribution is 7.18. The van der Waals surface area contributed by atoms with Gasteiger partial charge in [-0.2, -0.15) is 0 Å². The smallest absolute Gasteiger partial charge is 0.326 e. The van der Waals surface area contributed by atoms with E-state index in [1.54, 1.807) is 25.2 Å². The third-order valence-electron chi connectivity index (χ3n) is 4.52. The second kappa shape index (κ2) is 5.50. The van der Waals surface area contributed by atoms with Crippen molar-refractivity contribution in [3.63, 3.8) is 0 Å². The van der Waals surface area contributed by atoms with Gasteiger partial charge in [0.1, 0.15) is 16.7 Å². The Balaban J connectivity index is 2.28. The van der Waals surface area contributed by atoms with Gasteiger partial charge < -0.3 is 5.11 Å². The SMILES string of the molecule is CCC(C(=O)O)n1c(C)nc2sc3c(c2c1=O)CCC(C)C3. The quantitative estimate of drug-likeness (QED) is 0.944. The van der Waals surface area contributed by atoms with E-state index in [-0.39, 0.29) is 5.56 Å². The average Bonchev–Trinajstić information content (AvgIpc) is 2.79. The number of hydrogen-bond donors (Lipinski definition) is 1. The van der Waals surface area contributed by atoms with E-state index in [0.29, 0.717) is 23.5 Å². The van der Waals surface area contributed by atoms with Crippen molar-refractivity contribution in [3.8, 4) is 0 Å². The van der Waals surface area contributed by atoms with Gasteiger partial charge in [-0.05, 0) is 44.1 Å². The van der Waals surface area contributed by atoms with Gasteiger partial charge in [-0.3, -0.25) is 9.36 Å². The molecular formula is C16H20N2O3S. The van der Waals surface area contributed by atoms with Crippen molar-refractivity contribution in [3.05, 3.63) is 26.6 Å². The zero-order valence-electron chi connectivity index (χ0n) is 13.0. The Hall–Kier alpha value is -1.69. The predicted octanol–water partition coefficient (Wildman–Crippen LogP) is 2.93. The van der Waals surface area contributed by atoms with E-state index >= 15 is 0 Å². The summed E-state index contributed by atoms with van der Waals surface area (Å²) in [5.41, 5.74) is 0.911. The molecule has 0 saturated heterocycles. The first-order valence-electron chi connectivity index (χ1n) is 7.70. The number of aliphatic carboxylic acids is 1. The highest BCUT2D eigenvalue weighted by atomic mass is 32.1. The minimum atomic E-state index is -0.980. The fourth-order valence-corrected chi connectivity index (χ4v) is 4.76. The second-order valence-electron chi connectivity index (χ2n) is 6.13. The Morgan fingerprint density at radius 3 is 2.91 bits per heavy atom. The van der Waals surface area contributed by atoms with Crippen LogP contribution in [0.15, 0.2) is 4.79 Å². The van der Waals surface area contributed by atoms with Gasteiger partial charge in [0, 0.05) is 4.88 Å². The van der Waals surface area contributed by atoms with Crippen LogP contribution in [0.5, 0.6) is 0 Å². The van der Waals surface area contributed by atoms with Gasteiger partial charge in [0.15, 0.2) is 0 Å². The van der Waals surface area contributed by atoms with Gasteiger partial charge in [0.2, 0.25) is 0 Å². The molecule has 0 saturated carbocycles. The van der Waals surface area contributed by atoms with Crippen LogP contribution in [0.4, 0.5) is 0 Å². The molecule has 0 fully saturated rings. The molecule has 118 valence electrons. The Bertz CT molecular complexity index is 806. The summed E-state index contributed by atoms with van der Waals surface area (Å²) in [5.74, 6) is 0.135. The van der Waals surface area contributed by atoms with Crippen LogP contribution in [0.25, 0.3) is 10.2 Å². The van der Waals surface area contributed by atoms with Gasteiger partial charge in [0.25, 0.3) is 5.56 Å². The maximum atomic E-state index is 12.9. The van der Waals surface area contributed by atoms with Crippen LogP contribution in [0.2, 0.25) is 0 Å². The molecule has 1 aliphatic rings. The Kier molecular flexibility index (Phi) is 3.80. The van der Waals surface area contributed by atoms with Crippen molar-refractivity contribution in [2.75, 3.05) is 0 Å². The van der Waals surface area contributed by atoms with E-state index in [4.69, 9.17) is 0 Å². The summed E-state index contributed by atoms with van der Waals surface area (Å²) in [6.07, 6.45) is 3.32. The molecule has 22 heavy (non-hydrogen) atoms. The van der Waals surface area contributed by atoms with E-state index in [1.165, 1.54) is 9.44 Å². The van der Waals surface area contributed by atoms with Crippen molar-refractivity contribution in [1.29, 1.82) is 0 Å². The van der Waals surface area contributed by atoms with Gasteiger partial charge in [-0.1, -0.05) is 13.8 Å². The lowest BCUT2D eigenvalue weighted by Crippen LogP contribution is -2.32. The summed E-state index contributed by atoms with van der Waals surface area (Å²) in [5, 5.41) is 10.0. The summed E-state index contributed by atoms with van der Waals surface area (Å²) in [6.45, 7) is 5.72. The van der Waals surface area contributed by atoms with Crippen LogP contribution in [0.1, 0.15) is 49.0 Å². The molecule has 0 bridgehead atoms. The number of aromatic nitrogens is 2. The summed E-state index contributed by atoms with van der Waals surface area (Å²) >= 11 is 1.60. The minimum Gasteiger partial charge on any atom is -0.480 e. The van der Waals surface area contributed by atoms with Crippen LogP contribution in [0.3, 0.4) is 0 Å². The fraction of sp³-hybridized carbons (Fsp3) is 0.562. The van der Waals surface area contributed by atoms with Gasteiger partial charge >= 0.3 is 5.97 Å². The predicted molar refractivity (Wildman–Crippen MR) is 86.8 cm³/mol. The molecule has 1 aliphatic carbocycles. The number of carboxylic acids is 1. The highest BCUT2D eigenvalue weighted by Gasteiger charge is 2.27. The summed E-state index contributed by atoms with van der Waals surface area (Å²) in [7, 11) is 0. The highest BCUT2D eigenvalue weighted by Crippen LogP contribution is 2.36. The van der Waals surface area contributed by atoms with Crippen molar-refractivity contribution in [2.24, 2.45) is 5.92 Å². The first kappa shape index (κ1) is 15.2. The molecule has 2 heterocycles. The Morgan fingerprint density at radius 1 is 1.55 bits per heavy atom. The number of thiophene rings is 1. The zero-order valence-corrected chi connectivity index (χ0v) is 13.9. The molecule has 2 atom stereocenters. The summed E-state index contributed by atoms with van der Waals surface area (Å²) < 4.78 is 1.36. The molecule has 0 spiro atoms. The normalized spacial score (nSPS) is 19.1. The zero-order chi connectivity index (χ0) is 16.0.